The number of amides is 1. The number of nitrogens with two attached hydrogens (primary N) is 1. The maximum Gasteiger partial charge on any atom is 0.209 e. The molecule has 19 heavy (non-hydrogen) atoms. The average Bonchev–Trinajstić information content (AvgIpc) is 2.46. The third-order valence-corrected chi connectivity index (χ3v) is 3.76. The second-order valence-electron chi connectivity index (χ2n) is 5.04. The van der Waals surface area contributed by atoms with Crippen LogP contribution >= 0.6 is 0 Å². The molecular formula is C14H22N4O. The molecule has 0 aromatic carbocycles. The molecule has 1 atom stereocenters. The van der Waals surface area contributed by atoms with Crippen molar-refractivity contribution >= 4 is 12.2 Å². The van der Waals surface area contributed by atoms with Crippen LogP contribution in [0.5, 0.6) is 0 Å². The first kappa shape index (κ1) is 13.8. The molecule has 0 bridgehead atoms. The van der Waals surface area contributed by atoms with Crippen molar-refractivity contribution in [1.29, 1.82) is 0 Å². The van der Waals surface area contributed by atoms with E-state index < -0.39 is 0 Å². The van der Waals surface area contributed by atoms with Crippen molar-refractivity contribution in [2.75, 3.05) is 31.1 Å². The van der Waals surface area contributed by atoms with Crippen LogP contribution in [-0.2, 0) is 4.79 Å². The predicted molar refractivity (Wildman–Crippen MR) is 76.0 cm³/mol. The van der Waals surface area contributed by atoms with Gasteiger partial charge in [0, 0.05) is 38.4 Å². The zero-order chi connectivity index (χ0) is 13.8. The minimum absolute atomic E-state index is 0.0634. The molecule has 1 aromatic heterocycles. The van der Waals surface area contributed by atoms with Crippen molar-refractivity contribution in [3.8, 4) is 0 Å². The number of hydrogen-bond donors (Lipinski definition) is 1. The van der Waals surface area contributed by atoms with E-state index in [2.05, 4.69) is 29.8 Å². The third kappa shape index (κ3) is 3.04. The number of pyridine rings is 1. The highest BCUT2D eigenvalue weighted by Crippen LogP contribution is 2.22. The number of nitrogens with zero attached hydrogens (tertiary/aromatic N) is 3. The minimum atomic E-state index is 0.0634. The number of carbonyl (C=O) groups excluding carboxylic acids is 1. The predicted octanol–water partition coefficient (Wildman–Crippen LogP) is 1.08. The van der Waals surface area contributed by atoms with E-state index in [1.54, 1.807) is 4.90 Å². The van der Waals surface area contributed by atoms with Crippen LogP contribution in [0.4, 0.5) is 5.82 Å². The van der Waals surface area contributed by atoms with Crippen LogP contribution in [0.25, 0.3) is 0 Å². The Morgan fingerprint density at radius 3 is 2.63 bits per heavy atom. The summed E-state index contributed by atoms with van der Waals surface area (Å²) < 4.78 is 0. The van der Waals surface area contributed by atoms with Crippen LogP contribution < -0.4 is 10.6 Å². The van der Waals surface area contributed by atoms with Gasteiger partial charge >= 0.3 is 0 Å². The van der Waals surface area contributed by atoms with Crippen molar-refractivity contribution in [3.63, 3.8) is 0 Å². The zero-order valence-corrected chi connectivity index (χ0v) is 11.7. The van der Waals surface area contributed by atoms with Gasteiger partial charge in [0.2, 0.25) is 6.41 Å². The van der Waals surface area contributed by atoms with Gasteiger partial charge in [0.1, 0.15) is 5.82 Å². The number of carbonyl (C=O) groups is 1. The van der Waals surface area contributed by atoms with E-state index in [1.165, 1.54) is 5.56 Å². The molecule has 2 heterocycles. The molecule has 1 aliphatic rings. The van der Waals surface area contributed by atoms with Crippen molar-refractivity contribution in [2.45, 2.75) is 26.3 Å². The Bertz CT molecular complexity index is 441. The van der Waals surface area contributed by atoms with Crippen molar-refractivity contribution in [3.05, 3.63) is 23.4 Å². The fourth-order valence-corrected chi connectivity index (χ4v) is 2.39. The standard InChI is InChI=1S/C14H22N4O/c1-3-13(15)12-9-16-14(8-11(12)2)18-6-4-17(10-19)5-7-18/h8-10,13H,3-7,15H2,1-2H3/t13-/m0/s1. The fraction of sp³-hybridized carbons (Fsp3) is 0.571. The normalized spacial score (nSPS) is 17.4. The molecule has 2 rings (SSSR count). The SMILES string of the molecule is CC[C@H](N)c1cnc(N2CCN(C=O)CC2)cc1C. The first-order chi connectivity index (χ1) is 9.15. The van der Waals surface area contributed by atoms with Crippen LogP contribution in [0, 0.1) is 6.92 Å². The van der Waals surface area contributed by atoms with Crippen LogP contribution in [0.1, 0.15) is 30.5 Å². The van der Waals surface area contributed by atoms with Crippen molar-refractivity contribution in [1.82, 2.24) is 9.88 Å². The van der Waals surface area contributed by atoms with Gasteiger partial charge in [-0.15, -0.1) is 0 Å². The average molecular weight is 262 g/mol. The van der Waals surface area contributed by atoms with E-state index in [4.69, 9.17) is 5.73 Å². The van der Waals surface area contributed by atoms with E-state index in [-0.39, 0.29) is 6.04 Å². The molecule has 0 spiro atoms. The number of piperazine rings is 1. The summed E-state index contributed by atoms with van der Waals surface area (Å²) in [5.41, 5.74) is 8.38. The van der Waals surface area contributed by atoms with E-state index >= 15 is 0 Å². The van der Waals surface area contributed by atoms with Crippen LogP contribution in [0.2, 0.25) is 0 Å². The smallest absolute Gasteiger partial charge is 0.209 e. The number of aryl methyl sites for hydroxylation is 1. The topological polar surface area (TPSA) is 62.5 Å². The molecular weight excluding hydrogens is 240 g/mol. The quantitative estimate of drug-likeness (QED) is 0.825. The summed E-state index contributed by atoms with van der Waals surface area (Å²) in [7, 11) is 0. The van der Waals surface area contributed by atoms with E-state index in [0.717, 1.165) is 50.4 Å². The Hall–Kier alpha value is -1.62. The lowest BCUT2D eigenvalue weighted by molar-refractivity contribution is -0.118. The summed E-state index contributed by atoms with van der Waals surface area (Å²) in [6.45, 7) is 7.37. The van der Waals surface area contributed by atoms with Gasteiger partial charge in [-0.3, -0.25) is 4.79 Å². The molecule has 104 valence electrons. The molecule has 0 radical (unpaired) electrons. The van der Waals surface area contributed by atoms with Gasteiger partial charge in [0.15, 0.2) is 0 Å². The maximum atomic E-state index is 10.7. The molecule has 1 amide bonds. The summed E-state index contributed by atoms with van der Waals surface area (Å²) in [5, 5.41) is 0. The monoisotopic (exact) mass is 262 g/mol. The largest absolute Gasteiger partial charge is 0.353 e. The second-order valence-corrected chi connectivity index (χ2v) is 5.04. The molecule has 5 nitrogen and oxygen atoms in total. The summed E-state index contributed by atoms with van der Waals surface area (Å²) in [5.74, 6) is 0.982. The highest BCUT2D eigenvalue weighted by Gasteiger charge is 2.17. The molecule has 0 saturated carbocycles. The zero-order valence-electron chi connectivity index (χ0n) is 11.7. The molecule has 0 unspecified atom stereocenters. The van der Waals surface area contributed by atoms with Gasteiger partial charge in [-0.1, -0.05) is 6.92 Å². The lowest BCUT2D eigenvalue weighted by atomic mass is 10.0. The molecule has 2 N–H and O–H groups in total. The molecule has 0 aliphatic carbocycles. The Kier molecular flexibility index (Phi) is 4.37. The lowest BCUT2D eigenvalue weighted by Crippen LogP contribution is -2.46. The van der Waals surface area contributed by atoms with E-state index in [0.29, 0.717) is 0 Å². The fourth-order valence-electron chi connectivity index (χ4n) is 2.39. The van der Waals surface area contributed by atoms with E-state index in [9.17, 15) is 4.79 Å². The summed E-state index contributed by atoms with van der Waals surface area (Å²) in [6.07, 6.45) is 3.73. The maximum absolute atomic E-state index is 10.7. The van der Waals surface area contributed by atoms with Crippen LogP contribution in [-0.4, -0.2) is 42.5 Å². The lowest BCUT2D eigenvalue weighted by Gasteiger charge is -2.33. The Balaban J connectivity index is 2.10. The number of aromatic nitrogens is 1. The van der Waals surface area contributed by atoms with Gasteiger partial charge in [-0.05, 0) is 30.5 Å². The third-order valence-electron chi connectivity index (χ3n) is 3.76. The van der Waals surface area contributed by atoms with Gasteiger partial charge < -0.3 is 15.5 Å². The molecule has 1 fully saturated rings. The van der Waals surface area contributed by atoms with Crippen LogP contribution in [0.15, 0.2) is 12.3 Å². The number of hydrogen-bond acceptors (Lipinski definition) is 4. The Labute approximate surface area is 114 Å². The molecule has 1 aliphatic heterocycles. The van der Waals surface area contributed by atoms with Crippen molar-refractivity contribution < 1.29 is 4.79 Å². The number of rotatable bonds is 4. The van der Waals surface area contributed by atoms with Crippen molar-refractivity contribution in [2.24, 2.45) is 5.73 Å². The molecule has 1 saturated heterocycles. The van der Waals surface area contributed by atoms with Crippen LogP contribution in [0.3, 0.4) is 0 Å². The highest BCUT2D eigenvalue weighted by atomic mass is 16.1. The first-order valence-corrected chi connectivity index (χ1v) is 6.82. The Morgan fingerprint density at radius 1 is 1.42 bits per heavy atom. The van der Waals surface area contributed by atoms with Gasteiger partial charge in [0.25, 0.3) is 0 Å². The Morgan fingerprint density at radius 2 is 2.11 bits per heavy atom. The second kappa shape index (κ2) is 6.02. The summed E-state index contributed by atoms with van der Waals surface area (Å²) in [4.78, 5) is 19.2. The first-order valence-electron chi connectivity index (χ1n) is 6.82. The van der Waals surface area contributed by atoms with Gasteiger partial charge in [-0.25, -0.2) is 4.98 Å². The molecule has 1 aromatic rings. The summed E-state index contributed by atoms with van der Waals surface area (Å²) >= 11 is 0. The minimum Gasteiger partial charge on any atom is -0.353 e. The number of anilines is 1. The highest BCUT2D eigenvalue weighted by molar-refractivity contribution is 5.50. The van der Waals surface area contributed by atoms with Gasteiger partial charge in [0.05, 0.1) is 0 Å². The summed E-state index contributed by atoms with van der Waals surface area (Å²) in [6, 6.07) is 2.16. The molecule has 5 heteroatoms. The van der Waals surface area contributed by atoms with E-state index in [1.807, 2.05) is 6.20 Å². The van der Waals surface area contributed by atoms with Gasteiger partial charge in [-0.2, -0.15) is 0 Å².